The van der Waals surface area contributed by atoms with E-state index in [1.165, 1.54) is 5.57 Å². The second-order valence-electron chi connectivity index (χ2n) is 6.08. The molecule has 1 fully saturated rings. The Morgan fingerprint density at radius 1 is 1.43 bits per heavy atom. The maximum atomic E-state index is 4.97. The fourth-order valence-corrected chi connectivity index (χ4v) is 2.69. The summed E-state index contributed by atoms with van der Waals surface area (Å²) in [5, 5.41) is 10.7. The lowest BCUT2D eigenvalue weighted by molar-refractivity contribution is 0.221. The molecule has 7 nitrogen and oxygen atoms in total. The first-order chi connectivity index (χ1) is 11.1. The lowest BCUT2D eigenvalue weighted by atomic mass is 10.0. The molecule has 0 amide bonds. The quantitative estimate of drug-likeness (QED) is 0.469. The Hall–Kier alpha value is -1.89. The van der Waals surface area contributed by atoms with Crippen LogP contribution in [0.25, 0.3) is 0 Å². The molecule has 1 aromatic rings. The van der Waals surface area contributed by atoms with Crippen LogP contribution in [0.15, 0.2) is 21.7 Å². The molecule has 0 unspecified atom stereocenters. The van der Waals surface area contributed by atoms with Gasteiger partial charge in [0.15, 0.2) is 11.8 Å². The number of likely N-dealkylation sites (tertiary alicyclic amines) is 1. The number of hydrogen-bond acceptors (Lipinski definition) is 5. The minimum absolute atomic E-state index is 0.418. The highest BCUT2D eigenvalue weighted by Crippen LogP contribution is 2.11. The summed E-state index contributed by atoms with van der Waals surface area (Å²) in [6, 6.07) is 0.446. The van der Waals surface area contributed by atoms with Gasteiger partial charge in [0, 0.05) is 39.1 Å². The van der Waals surface area contributed by atoms with Gasteiger partial charge in [0.05, 0.1) is 0 Å². The zero-order valence-corrected chi connectivity index (χ0v) is 14.4. The molecule has 1 saturated heterocycles. The standard InChI is InChI=1S/C16H28N6O/c1-5-17-16(18-10-15-19-13(4)23-21-15)20-14-6-8-22(9-7-14)11-12(2)3/h14H,2,5-11H2,1,3-4H3,(H2,17,18,20). The molecular weight excluding hydrogens is 292 g/mol. The fraction of sp³-hybridized carbons (Fsp3) is 0.688. The third kappa shape index (κ3) is 6.02. The van der Waals surface area contributed by atoms with Gasteiger partial charge >= 0.3 is 0 Å². The Morgan fingerprint density at radius 3 is 2.74 bits per heavy atom. The normalized spacial score (nSPS) is 17.3. The minimum atomic E-state index is 0.418. The molecule has 0 saturated carbocycles. The average molecular weight is 320 g/mol. The number of aromatic nitrogens is 2. The van der Waals surface area contributed by atoms with Crippen LogP contribution in [0.4, 0.5) is 0 Å². The van der Waals surface area contributed by atoms with Crippen molar-refractivity contribution in [3.63, 3.8) is 0 Å². The van der Waals surface area contributed by atoms with Crippen molar-refractivity contribution in [1.29, 1.82) is 0 Å². The SMILES string of the molecule is C=C(C)CN1CCC(NC(=NCc2noc(C)n2)NCC)CC1. The van der Waals surface area contributed by atoms with Gasteiger partial charge < -0.3 is 15.2 Å². The van der Waals surface area contributed by atoms with Crippen molar-refractivity contribution in [2.24, 2.45) is 4.99 Å². The van der Waals surface area contributed by atoms with E-state index >= 15 is 0 Å². The second kappa shape index (κ2) is 8.67. The molecule has 128 valence electrons. The number of guanidine groups is 1. The Kier molecular flexibility index (Phi) is 6.58. The van der Waals surface area contributed by atoms with Crippen molar-refractivity contribution in [3.05, 3.63) is 23.9 Å². The Labute approximate surface area is 138 Å². The van der Waals surface area contributed by atoms with Crippen molar-refractivity contribution in [2.75, 3.05) is 26.2 Å². The number of aryl methyl sites for hydroxylation is 1. The number of piperidine rings is 1. The molecule has 0 aromatic carbocycles. The zero-order chi connectivity index (χ0) is 16.7. The first-order valence-electron chi connectivity index (χ1n) is 8.27. The van der Waals surface area contributed by atoms with Crippen molar-refractivity contribution in [3.8, 4) is 0 Å². The molecule has 2 heterocycles. The van der Waals surface area contributed by atoms with Crippen LogP contribution in [-0.2, 0) is 6.54 Å². The molecule has 2 rings (SSSR count). The van der Waals surface area contributed by atoms with Crippen LogP contribution >= 0.6 is 0 Å². The molecule has 0 aliphatic carbocycles. The summed E-state index contributed by atoms with van der Waals surface area (Å²) in [6.45, 7) is 14.3. The predicted octanol–water partition coefficient (Wildman–Crippen LogP) is 1.47. The summed E-state index contributed by atoms with van der Waals surface area (Å²) >= 11 is 0. The van der Waals surface area contributed by atoms with Crippen molar-refractivity contribution in [1.82, 2.24) is 25.7 Å². The molecule has 0 atom stereocenters. The molecule has 0 radical (unpaired) electrons. The average Bonchev–Trinajstić information content (AvgIpc) is 2.92. The molecule has 0 spiro atoms. The largest absolute Gasteiger partial charge is 0.357 e. The molecule has 2 N–H and O–H groups in total. The minimum Gasteiger partial charge on any atom is -0.357 e. The van der Waals surface area contributed by atoms with Crippen LogP contribution in [-0.4, -0.2) is 53.2 Å². The summed E-state index contributed by atoms with van der Waals surface area (Å²) in [7, 11) is 0. The molecule has 1 aliphatic heterocycles. The number of hydrogen-bond donors (Lipinski definition) is 2. The summed E-state index contributed by atoms with van der Waals surface area (Å²) in [5.41, 5.74) is 1.22. The Balaban J connectivity index is 1.83. The van der Waals surface area contributed by atoms with E-state index in [9.17, 15) is 0 Å². The van der Waals surface area contributed by atoms with Crippen molar-refractivity contribution < 1.29 is 4.52 Å². The summed E-state index contributed by atoms with van der Waals surface area (Å²) < 4.78 is 4.97. The molecule has 7 heteroatoms. The van der Waals surface area contributed by atoms with Gasteiger partial charge in [0.1, 0.15) is 6.54 Å². The van der Waals surface area contributed by atoms with E-state index in [-0.39, 0.29) is 0 Å². The highest BCUT2D eigenvalue weighted by atomic mass is 16.5. The molecule has 1 aromatic heterocycles. The lowest BCUT2D eigenvalue weighted by Crippen LogP contribution is -2.48. The van der Waals surface area contributed by atoms with Crippen LogP contribution in [0.3, 0.4) is 0 Å². The summed E-state index contributed by atoms with van der Waals surface area (Å²) in [5.74, 6) is 1.99. The predicted molar refractivity (Wildman–Crippen MR) is 91.3 cm³/mol. The van der Waals surface area contributed by atoms with E-state index in [1.807, 2.05) is 0 Å². The highest BCUT2D eigenvalue weighted by molar-refractivity contribution is 5.80. The smallest absolute Gasteiger partial charge is 0.223 e. The molecule has 23 heavy (non-hydrogen) atoms. The van der Waals surface area contributed by atoms with Crippen molar-refractivity contribution >= 4 is 5.96 Å². The summed E-state index contributed by atoms with van der Waals surface area (Å²) in [4.78, 5) is 11.2. The van der Waals surface area contributed by atoms with E-state index in [0.717, 1.165) is 45.0 Å². The van der Waals surface area contributed by atoms with Gasteiger partial charge in [-0.3, -0.25) is 4.90 Å². The van der Waals surface area contributed by atoms with Crippen LogP contribution < -0.4 is 10.6 Å². The van der Waals surface area contributed by atoms with E-state index < -0.39 is 0 Å². The lowest BCUT2D eigenvalue weighted by Gasteiger charge is -2.33. The van der Waals surface area contributed by atoms with Crippen LogP contribution in [0, 0.1) is 6.92 Å². The highest BCUT2D eigenvalue weighted by Gasteiger charge is 2.19. The third-order valence-electron chi connectivity index (χ3n) is 3.71. The Morgan fingerprint density at radius 2 is 2.17 bits per heavy atom. The third-order valence-corrected chi connectivity index (χ3v) is 3.71. The van der Waals surface area contributed by atoms with Crippen LogP contribution in [0.5, 0.6) is 0 Å². The number of aliphatic imine (C=N–C) groups is 1. The van der Waals surface area contributed by atoms with E-state index in [0.29, 0.717) is 24.3 Å². The molecule has 1 aliphatic rings. The topological polar surface area (TPSA) is 78.6 Å². The van der Waals surface area contributed by atoms with Crippen LogP contribution in [0.2, 0.25) is 0 Å². The van der Waals surface area contributed by atoms with E-state index in [4.69, 9.17) is 4.52 Å². The van der Waals surface area contributed by atoms with Gasteiger partial charge in [0.2, 0.25) is 5.89 Å². The Bertz CT molecular complexity index is 530. The van der Waals surface area contributed by atoms with E-state index in [2.05, 4.69) is 51.1 Å². The number of nitrogens with zero attached hydrogens (tertiary/aromatic N) is 4. The fourth-order valence-electron chi connectivity index (χ4n) is 2.69. The zero-order valence-electron chi connectivity index (χ0n) is 14.4. The maximum absolute atomic E-state index is 4.97. The van der Waals surface area contributed by atoms with Gasteiger partial charge in [-0.2, -0.15) is 4.98 Å². The molecule has 0 bridgehead atoms. The van der Waals surface area contributed by atoms with Gasteiger partial charge in [-0.15, -0.1) is 0 Å². The van der Waals surface area contributed by atoms with Gasteiger partial charge in [-0.25, -0.2) is 4.99 Å². The van der Waals surface area contributed by atoms with Gasteiger partial charge in [-0.1, -0.05) is 17.3 Å². The first kappa shape index (κ1) is 17.5. The van der Waals surface area contributed by atoms with Gasteiger partial charge in [0.25, 0.3) is 0 Å². The van der Waals surface area contributed by atoms with Crippen molar-refractivity contribution in [2.45, 2.75) is 46.2 Å². The molecular formula is C16H28N6O. The maximum Gasteiger partial charge on any atom is 0.223 e. The number of nitrogens with one attached hydrogen (secondary N) is 2. The van der Waals surface area contributed by atoms with E-state index in [1.54, 1.807) is 6.92 Å². The first-order valence-corrected chi connectivity index (χ1v) is 8.27. The van der Waals surface area contributed by atoms with Crippen LogP contribution in [0.1, 0.15) is 38.4 Å². The summed E-state index contributed by atoms with van der Waals surface area (Å²) in [6.07, 6.45) is 2.22. The van der Waals surface area contributed by atoms with Gasteiger partial charge in [-0.05, 0) is 26.7 Å². The monoisotopic (exact) mass is 320 g/mol. The second-order valence-corrected chi connectivity index (χ2v) is 6.08. The number of rotatable bonds is 6.